The van der Waals surface area contributed by atoms with Gasteiger partial charge in [0.1, 0.15) is 0 Å². The van der Waals surface area contributed by atoms with Gasteiger partial charge in [-0.3, -0.25) is 9.59 Å². The standard InChI is InChI=1S/C24H29N5O2.C16H21BrN4O.C8H10BNO3/c1-17(30)26-20-7-5-18(6-8-20)19-15-22-23(25-16-19)27-24(31-22)29-13-9-21(10-14-29)28-11-3-2-4-12-28;17-12-10-14-15(18-11-12)19-16(22-14)21-8-4-13(5-9-21)20-6-2-1-3-7-20;1-6(11)10-8-4-2-7(3-5-8)9(12)13/h5-8,15-16,21H,2-4,9-14H2,1H3,(H,26,30);10-11,13H,1-9H2;2-5,12-13H,1H3,(H,10,11). The average Bonchev–Trinajstić information content (AvgIpc) is 3.97. The summed E-state index contributed by atoms with van der Waals surface area (Å²) in [6, 6.07) is 20.8. The predicted octanol–water partition coefficient (Wildman–Crippen LogP) is 7.07. The number of hydrogen-bond donors (Lipinski definition) is 4. The lowest BCUT2D eigenvalue weighted by Gasteiger charge is -2.39. The number of hydrogen-bond acceptors (Lipinski definition) is 14. The maximum absolute atomic E-state index is 11.2. The fourth-order valence-corrected chi connectivity index (χ4v) is 9.63. The molecule has 2 aromatic carbocycles. The van der Waals surface area contributed by atoms with Crippen LogP contribution in [0.4, 0.5) is 23.4 Å². The molecule has 4 aliphatic rings. The largest absolute Gasteiger partial charge is 0.488 e. The fraction of sp³-hybridized carbons (Fsp3) is 0.458. The summed E-state index contributed by atoms with van der Waals surface area (Å²) in [5.74, 6) is -0.234. The first-order chi connectivity index (χ1) is 32.0. The number of oxazole rings is 2. The van der Waals surface area contributed by atoms with Crippen LogP contribution in [-0.4, -0.2) is 123 Å². The van der Waals surface area contributed by atoms with Crippen LogP contribution >= 0.6 is 15.9 Å². The summed E-state index contributed by atoms with van der Waals surface area (Å²) in [6.45, 7) is 12.0. The number of piperidine rings is 4. The molecule has 2 amide bonds. The Bertz CT molecular complexity index is 2510. The molecule has 4 fully saturated rings. The Balaban J connectivity index is 0.000000147. The maximum Gasteiger partial charge on any atom is 0.488 e. The predicted molar refractivity (Wildman–Crippen MR) is 263 cm³/mol. The minimum absolute atomic E-state index is 0.0787. The van der Waals surface area contributed by atoms with E-state index in [2.05, 4.69) is 66.1 Å². The van der Waals surface area contributed by atoms with Crippen LogP contribution in [0, 0.1) is 0 Å². The zero-order valence-corrected chi connectivity index (χ0v) is 39.5. The van der Waals surface area contributed by atoms with Gasteiger partial charge in [0.2, 0.25) is 23.1 Å². The van der Waals surface area contributed by atoms with Gasteiger partial charge < -0.3 is 49.1 Å². The number of likely N-dealkylation sites (tertiary alicyclic amines) is 2. The smallest absolute Gasteiger partial charge is 0.423 e. The monoisotopic (exact) mass is 962 g/mol. The number of benzene rings is 2. The number of halogens is 1. The summed E-state index contributed by atoms with van der Waals surface area (Å²) in [4.78, 5) is 49.7. The molecule has 348 valence electrons. The lowest BCUT2D eigenvalue weighted by Crippen LogP contribution is -2.46. The molecule has 4 aromatic heterocycles. The number of rotatable bonds is 8. The number of nitrogens with zero attached hydrogens (tertiary/aromatic N) is 8. The maximum atomic E-state index is 11.2. The number of carbonyl (C=O) groups excluding carboxylic acids is 2. The van der Waals surface area contributed by atoms with E-state index in [-0.39, 0.29) is 11.8 Å². The molecule has 16 nitrogen and oxygen atoms in total. The minimum atomic E-state index is -1.47. The minimum Gasteiger partial charge on any atom is -0.423 e. The van der Waals surface area contributed by atoms with E-state index < -0.39 is 7.12 Å². The van der Waals surface area contributed by atoms with Crippen molar-refractivity contribution in [1.82, 2.24) is 29.7 Å². The number of carbonyl (C=O) groups is 2. The third-order valence-electron chi connectivity index (χ3n) is 12.8. The van der Waals surface area contributed by atoms with Crippen LogP contribution in [0.1, 0.15) is 78.1 Å². The molecule has 4 N–H and O–H groups in total. The summed E-state index contributed by atoms with van der Waals surface area (Å²) >= 11 is 3.42. The van der Waals surface area contributed by atoms with Gasteiger partial charge in [-0.05, 0) is 135 Å². The summed E-state index contributed by atoms with van der Waals surface area (Å²) in [6.07, 6.45) is 16.5. The molecule has 6 aromatic rings. The van der Waals surface area contributed by atoms with Crippen LogP contribution in [0.15, 0.2) is 86.4 Å². The van der Waals surface area contributed by atoms with Gasteiger partial charge in [-0.2, -0.15) is 9.97 Å². The molecule has 10 rings (SSSR count). The van der Waals surface area contributed by atoms with Crippen LogP contribution < -0.4 is 25.9 Å². The molecule has 4 aliphatic heterocycles. The number of aromatic nitrogens is 4. The second kappa shape index (κ2) is 22.4. The highest BCUT2D eigenvalue weighted by atomic mass is 79.9. The Morgan fingerprint density at radius 3 is 1.50 bits per heavy atom. The molecule has 66 heavy (non-hydrogen) atoms. The van der Waals surface area contributed by atoms with Gasteiger partial charge in [-0.15, -0.1) is 0 Å². The summed E-state index contributed by atoms with van der Waals surface area (Å²) in [7, 11) is -1.47. The highest BCUT2D eigenvalue weighted by Crippen LogP contribution is 2.31. The zero-order valence-electron chi connectivity index (χ0n) is 37.9. The second-order valence-electron chi connectivity index (χ2n) is 17.6. The Hall–Kier alpha value is -5.40. The molecular weight excluding hydrogens is 903 g/mol. The fourth-order valence-electron chi connectivity index (χ4n) is 9.32. The number of amides is 2. The van der Waals surface area contributed by atoms with Gasteiger partial charge in [0.15, 0.2) is 11.2 Å². The average molecular weight is 964 g/mol. The first-order valence-corrected chi connectivity index (χ1v) is 24.1. The van der Waals surface area contributed by atoms with Gasteiger partial charge in [-0.1, -0.05) is 37.1 Å². The van der Waals surface area contributed by atoms with Crippen molar-refractivity contribution in [3.63, 3.8) is 0 Å². The molecule has 0 radical (unpaired) electrons. The van der Waals surface area contributed by atoms with E-state index in [0.29, 0.717) is 40.1 Å². The van der Waals surface area contributed by atoms with Crippen molar-refractivity contribution >= 4 is 86.2 Å². The quantitative estimate of drug-likeness (QED) is 0.113. The van der Waals surface area contributed by atoms with Gasteiger partial charge in [0.05, 0.1) is 0 Å². The normalized spacial score (nSPS) is 17.7. The number of pyridine rings is 2. The van der Waals surface area contributed by atoms with E-state index in [0.717, 1.165) is 77.9 Å². The first kappa shape index (κ1) is 47.1. The molecule has 0 spiro atoms. The first-order valence-electron chi connectivity index (χ1n) is 23.3. The van der Waals surface area contributed by atoms with E-state index in [1.165, 1.54) is 104 Å². The van der Waals surface area contributed by atoms with Crippen molar-refractivity contribution in [3.05, 3.63) is 77.5 Å². The molecule has 0 unspecified atom stereocenters. The third-order valence-corrected chi connectivity index (χ3v) is 13.2. The molecule has 0 aliphatic carbocycles. The Morgan fingerprint density at radius 1 is 0.606 bits per heavy atom. The molecule has 8 heterocycles. The number of fused-ring (bicyclic) bond motifs is 2. The van der Waals surface area contributed by atoms with Crippen LogP contribution in [0.2, 0.25) is 0 Å². The lowest BCUT2D eigenvalue weighted by atomic mass is 9.80. The highest BCUT2D eigenvalue weighted by Gasteiger charge is 2.29. The number of nitrogens with one attached hydrogen (secondary N) is 2. The molecule has 18 heteroatoms. The van der Waals surface area contributed by atoms with Gasteiger partial charge in [-0.25, -0.2) is 9.97 Å². The summed E-state index contributed by atoms with van der Waals surface area (Å²) in [5, 5.41) is 22.9. The van der Waals surface area contributed by atoms with Crippen molar-refractivity contribution in [3.8, 4) is 11.1 Å². The lowest BCUT2D eigenvalue weighted by molar-refractivity contribution is -0.115. The highest BCUT2D eigenvalue weighted by molar-refractivity contribution is 9.10. The van der Waals surface area contributed by atoms with Gasteiger partial charge >= 0.3 is 7.12 Å². The summed E-state index contributed by atoms with van der Waals surface area (Å²) in [5.41, 5.74) is 6.59. The van der Waals surface area contributed by atoms with Crippen molar-refractivity contribution in [1.29, 1.82) is 0 Å². The van der Waals surface area contributed by atoms with Gasteiger partial charge in [0, 0.05) is 92.0 Å². The van der Waals surface area contributed by atoms with Crippen molar-refractivity contribution in [2.45, 2.75) is 90.1 Å². The van der Waals surface area contributed by atoms with Crippen molar-refractivity contribution in [2.75, 3.05) is 72.8 Å². The Labute approximate surface area is 394 Å². The topological polar surface area (TPSA) is 189 Å². The van der Waals surface area contributed by atoms with Crippen molar-refractivity contribution < 1.29 is 28.5 Å². The van der Waals surface area contributed by atoms with E-state index >= 15 is 0 Å². The van der Waals surface area contributed by atoms with Crippen LogP contribution in [-0.2, 0) is 9.59 Å². The molecule has 0 saturated carbocycles. The summed E-state index contributed by atoms with van der Waals surface area (Å²) < 4.78 is 12.9. The van der Waals surface area contributed by atoms with Crippen molar-refractivity contribution in [2.24, 2.45) is 0 Å². The van der Waals surface area contributed by atoms with E-state index in [1.807, 2.05) is 42.6 Å². The zero-order chi connectivity index (χ0) is 46.0. The molecular formula is C48H60BBrN10O6. The van der Waals surface area contributed by atoms with E-state index in [9.17, 15) is 9.59 Å². The second-order valence-corrected chi connectivity index (χ2v) is 18.5. The van der Waals surface area contributed by atoms with E-state index in [4.69, 9.17) is 18.9 Å². The molecule has 4 saturated heterocycles. The van der Waals surface area contributed by atoms with Crippen LogP contribution in [0.3, 0.4) is 0 Å². The van der Waals surface area contributed by atoms with Crippen LogP contribution in [0.25, 0.3) is 33.6 Å². The van der Waals surface area contributed by atoms with Crippen LogP contribution in [0.5, 0.6) is 0 Å². The Morgan fingerprint density at radius 2 is 1.05 bits per heavy atom. The molecule has 0 bridgehead atoms. The third kappa shape index (κ3) is 12.5. The van der Waals surface area contributed by atoms with E-state index in [1.54, 1.807) is 18.3 Å². The molecule has 0 atom stereocenters. The Kier molecular flexibility index (Phi) is 16.0. The number of anilines is 4. The SMILES string of the molecule is Brc1cnc2nc(N3CCC(N4CCCCC4)CC3)oc2c1.CC(=O)Nc1ccc(-c2cnc3nc(N4CCC(N5CCCCC5)CC4)oc3c2)cc1.CC(=O)Nc1ccc(B(O)O)cc1. The van der Waals surface area contributed by atoms with Gasteiger partial charge in [0.25, 0.3) is 12.0 Å².